The Labute approximate surface area is 158 Å². The molecule has 1 aromatic carbocycles. The molecular weight excluding hydrogens is 413 g/mol. The summed E-state index contributed by atoms with van der Waals surface area (Å²) in [5, 5.41) is 0.982. The molecule has 134 valence electrons. The molecular formula is C18H18BrF3N2S. The number of alkyl halides is 4. The van der Waals surface area contributed by atoms with Crippen molar-refractivity contribution < 1.29 is 13.2 Å². The number of anilines is 2. The molecule has 1 aliphatic heterocycles. The average molecular weight is 431 g/mol. The number of benzene rings is 1. The molecule has 1 aromatic heterocycles. The van der Waals surface area contributed by atoms with E-state index in [2.05, 4.69) is 20.9 Å². The molecule has 0 radical (unpaired) electrons. The largest absolute Gasteiger partial charge is 0.416 e. The number of nitrogens with zero attached hydrogens (tertiary/aromatic N) is 2. The Balaban J connectivity index is 1.89. The van der Waals surface area contributed by atoms with E-state index in [9.17, 15) is 13.2 Å². The third-order valence-corrected chi connectivity index (χ3v) is 5.73. The van der Waals surface area contributed by atoms with E-state index in [-0.39, 0.29) is 0 Å². The highest BCUT2D eigenvalue weighted by Gasteiger charge is 2.33. The van der Waals surface area contributed by atoms with Crippen molar-refractivity contribution in [1.82, 2.24) is 4.98 Å². The van der Waals surface area contributed by atoms with Crippen LogP contribution in [0.15, 0.2) is 46.3 Å². The zero-order chi connectivity index (χ0) is 17.9. The molecule has 3 rings (SSSR count). The lowest BCUT2D eigenvalue weighted by Gasteiger charge is -2.32. The van der Waals surface area contributed by atoms with Gasteiger partial charge in [-0.05, 0) is 43.2 Å². The first-order chi connectivity index (χ1) is 12.0. The van der Waals surface area contributed by atoms with Crippen molar-refractivity contribution in [3.63, 3.8) is 0 Å². The van der Waals surface area contributed by atoms with E-state index < -0.39 is 11.7 Å². The van der Waals surface area contributed by atoms with E-state index >= 15 is 0 Å². The normalized spacial score (nSPS) is 13.5. The van der Waals surface area contributed by atoms with Crippen LogP contribution in [0.25, 0.3) is 0 Å². The Bertz CT molecular complexity index is 737. The van der Waals surface area contributed by atoms with Crippen LogP contribution in [-0.2, 0) is 6.18 Å². The van der Waals surface area contributed by atoms with Crippen molar-refractivity contribution in [1.29, 1.82) is 0 Å². The van der Waals surface area contributed by atoms with Gasteiger partial charge in [0.1, 0.15) is 5.82 Å². The Kier molecular flexibility index (Phi) is 5.94. The van der Waals surface area contributed by atoms with Crippen molar-refractivity contribution in [2.75, 3.05) is 16.8 Å². The molecule has 0 saturated carbocycles. The van der Waals surface area contributed by atoms with Gasteiger partial charge in [-0.3, -0.25) is 0 Å². The van der Waals surface area contributed by atoms with Crippen molar-refractivity contribution in [2.24, 2.45) is 0 Å². The summed E-state index contributed by atoms with van der Waals surface area (Å²) in [5.74, 6) is 0.750. The second kappa shape index (κ2) is 7.99. The number of rotatable bonds is 6. The maximum atomic E-state index is 13.1. The van der Waals surface area contributed by atoms with Gasteiger partial charge < -0.3 is 4.90 Å². The number of fused-ring (bicyclic) bond motifs is 2. The van der Waals surface area contributed by atoms with Gasteiger partial charge in [0.05, 0.1) is 16.1 Å². The number of hydrogen-bond donors (Lipinski definition) is 0. The van der Waals surface area contributed by atoms with Gasteiger partial charge in [0.2, 0.25) is 0 Å². The third kappa shape index (κ3) is 4.31. The van der Waals surface area contributed by atoms with E-state index in [1.165, 1.54) is 17.8 Å². The maximum absolute atomic E-state index is 13.1. The Morgan fingerprint density at radius 3 is 2.60 bits per heavy atom. The lowest BCUT2D eigenvalue weighted by molar-refractivity contribution is -0.137. The highest BCUT2D eigenvalue weighted by molar-refractivity contribution is 9.09. The van der Waals surface area contributed by atoms with Crippen molar-refractivity contribution in [3.05, 3.63) is 42.1 Å². The quantitative estimate of drug-likeness (QED) is 0.376. The second-order valence-corrected chi connectivity index (χ2v) is 7.74. The van der Waals surface area contributed by atoms with Crippen LogP contribution in [0.4, 0.5) is 24.7 Å². The van der Waals surface area contributed by atoms with Gasteiger partial charge in [0.25, 0.3) is 0 Å². The molecule has 0 saturated heterocycles. The molecule has 2 aromatic rings. The molecule has 2 heterocycles. The Morgan fingerprint density at radius 1 is 1.04 bits per heavy atom. The van der Waals surface area contributed by atoms with Gasteiger partial charge >= 0.3 is 6.18 Å². The van der Waals surface area contributed by atoms with Crippen LogP contribution < -0.4 is 4.90 Å². The molecule has 0 fully saturated rings. The molecule has 0 N–H and O–H groups in total. The van der Waals surface area contributed by atoms with Gasteiger partial charge in [0.15, 0.2) is 0 Å². The topological polar surface area (TPSA) is 16.1 Å². The summed E-state index contributed by atoms with van der Waals surface area (Å²) in [6.45, 7) is 0.668. The standard InChI is InChI=1S/C18H18BrF3N2S/c19-9-3-1-2-4-11-24-14-12-13(18(20,21)22)7-8-15(14)25-16-6-5-10-23-17(16)24/h5-8,10,12H,1-4,9,11H2. The molecule has 0 spiro atoms. The molecule has 0 atom stereocenters. The van der Waals surface area contributed by atoms with Crippen LogP contribution in [-0.4, -0.2) is 16.9 Å². The fourth-order valence-corrected chi connectivity index (χ4v) is 4.28. The van der Waals surface area contributed by atoms with Gasteiger partial charge in [-0.2, -0.15) is 13.2 Å². The van der Waals surface area contributed by atoms with E-state index in [1.807, 2.05) is 17.0 Å². The van der Waals surface area contributed by atoms with Gasteiger partial charge in [-0.15, -0.1) is 0 Å². The summed E-state index contributed by atoms with van der Waals surface area (Å²) in [6, 6.07) is 7.79. The lowest BCUT2D eigenvalue weighted by Crippen LogP contribution is -2.23. The minimum atomic E-state index is -4.34. The third-order valence-electron chi connectivity index (χ3n) is 4.07. The minimum Gasteiger partial charge on any atom is -0.324 e. The Morgan fingerprint density at radius 2 is 1.84 bits per heavy atom. The summed E-state index contributed by atoms with van der Waals surface area (Å²) in [4.78, 5) is 8.18. The number of pyridine rings is 1. The first-order valence-corrected chi connectivity index (χ1v) is 10.1. The first kappa shape index (κ1) is 18.6. The highest BCUT2D eigenvalue weighted by atomic mass is 79.9. The highest BCUT2D eigenvalue weighted by Crippen LogP contribution is 2.48. The summed E-state index contributed by atoms with van der Waals surface area (Å²) in [7, 11) is 0. The zero-order valence-corrected chi connectivity index (χ0v) is 15.9. The number of hydrogen-bond acceptors (Lipinski definition) is 3. The fraction of sp³-hybridized carbons (Fsp3) is 0.389. The first-order valence-electron chi connectivity index (χ1n) is 8.18. The van der Waals surface area contributed by atoms with E-state index in [0.717, 1.165) is 52.7 Å². The van der Waals surface area contributed by atoms with Crippen LogP contribution >= 0.6 is 27.7 Å². The second-order valence-electron chi connectivity index (χ2n) is 5.86. The van der Waals surface area contributed by atoms with Crippen LogP contribution in [0.3, 0.4) is 0 Å². The monoisotopic (exact) mass is 430 g/mol. The minimum absolute atomic E-state index is 0.603. The summed E-state index contributed by atoms with van der Waals surface area (Å²) in [5.41, 5.74) is -0.0120. The van der Waals surface area contributed by atoms with Crippen molar-refractivity contribution in [2.45, 2.75) is 41.7 Å². The van der Waals surface area contributed by atoms with Crippen molar-refractivity contribution >= 4 is 39.2 Å². The number of aromatic nitrogens is 1. The van der Waals surface area contributed by atoms with Crippen LogP contribution in [0.1, 0.15) is 31.2 Å². The van der Waals surface area contributed by atoms with Gasteiger partial charge in [0, 0.05) is 23.0 Å². The molecule has 25 heavy (non-hydrogen) atoms. The van der Waals surface area contributed by atoms with E-state index in [1.54, 1.807) is 12.3 Å². The molecule has 0 unspecified atom stereocenters. The van der Waals surface area contributed by atoms with Crippen molar-refractivity contribution in [3.8, 4) is 0 Å². The van der Waals surface area contributed by atoms with Gasteiger partial charge in [-0.1, -0.05) is 40.5 Å². The van der Waals surface area contributed by atoms with Crippen LogP contribution in [0, 0.1) is 0 Å². The number of halogens is 4. The van der Waals surface area contributed by atoms with E-state index in [4.69, 9.17) is 0 Å². The lowest BCUT2D eigenvalue weighted by atomic mass is 10.1. The SMILES string of the molecule is FC(F)(F)c1ccc2c(c1)N(CCCCCCBr)c1ncccc1S2. The fourth-order valence-electron chi connectivity index (χ4n) is 2.83. The smallest absolute Gasteiger partial charge is 0.324 e. The predicted octanol–water partition coefficient (Wildman–Crippen LogP) is 6.66. The van der Waals surface area contributed by atoms with Crippen LogP contribution in [0.5, 0.6) is 0 Å². The molecule has 2 nitrogen and oxygen atoms in total. The molecule has 7 heteroatoms. The predicted molar refractivity (Wildman–Crippen MR) is 99.1 cm³/mol. The van der Waals surface area contributed by atoms with E-state index in [0.29, 0.717) is 12.2 Å². The molecule has 0 bridgehead atoms. The maximum Gasteiger partial charge on any atom is 0.416 e. The summed E-state index contributed by atoms with van der Waals surface area (Å²) < 4.78 is 39.4. The van der Waals surface area contributed by atoms with Gasteiger partial charge in [-0.25, -0.2) is 4.98 Å². The molecule has 1 aliphatic rings. The summed E-state index contributed by atoms with van der Waals surface area (Å²) in [6.07, 6.45) is 1.54. The van der Waals surface area contributed by atoms with Crippen LogP contribution in [0.2, 0.25) is 0 Å². The Hall–Kier alpha value is -1.21. The average Bonchev–Trinajstić information content (AvgIpc) is 2.59. The summed E-state index contributed by atoms with van der Waals surface area (Å²) >= 11 is 4.89. The molecule has 0 amide bonds. The molecule has 0 aliphatic carbocycles. The zero-order valence-electron chi connectivity index (χ0n) is 13.5. The number of unbranched alkanes of at least 4 members (excludes halogenated alkanes) is 3.